The first-order valence-corrected chi connectivity index (χ1v) is 39.5. The number of benzene rings is 22. The lowest BCUT2D eigenvalue weighted by Crippen LogP contribution is -1.91. The van der Waals surface area contributed by atoms with Gasteiger partial charge in [0, 0.05) is 32.3 Å². The highest BCUT2D eigenvalue weighted by Crippen LogP contribution is 2.51. The Labute approximate surface area is 732 Å². The average Bonchev–Trinajstić information content (AvgIpc) is 1.59. The van der Waals surface area contributed by atoms with Gasteiger partial charge in [-0.15, -0.1) is 0 Å². The number of fused-ring (bicyclic) bond motifs is 16. The van der Waals surface area contributed by atoms with Crippen LogP contribution in [0.4, 0.5) is 0 Å². The van der Waals surface area contributed by atoms with Crippen molar-refractivity contribution in [3.63, 3.8) is 0 Å². The molecule has 3 heterocycles. The predicted molar refractivity (Wildman–Crippen MR) is 513 cm³/mol. The zero-order valence-electron chi connectivity index (χ0n) is 88.1. The van der Waals surface area contributed by atoms with Crippen molar-refractivity contribution in [1.29, 1.82) is 0 Å². The van der Waals surface area contributed by atoms with Gasteiger partial charge < -0.3 is 13.3 Å². The summed E-state index contributed by atoms with van der Waals surface area (Å²) in [6.45, 7) is 0. The summed E-state index contributed by atoms with van der Waals surface area (Å²) in [5, 5.41) is 8.81. The maximum Gasteiger partial charge on any atom is 0.135 e. The largest absolute Gasteiger partial charge is 0.456 e. The van der Waals surface area contributed by atoms with Crippen LogP contribution in [-0.2, 0) is 0 Å². The number of para-hydroxylation sites is 3. The van der Waals surface area contributed by atoms with E-state index in [0.717, 1.165) is 76.5 Å². The van der Waals surface area contributed by atoms with Gasteiger partial charge in [0.25, 0.3) is 0 Å². The first-order chi connectivity index (χ1) is 70.0. The second-order valence-corrected chi connectivity index (χ2v) is 29.7. The van der Waals surface area contributed by atoms with E-state index in [4.69, 9.17) is 29.7 Å². The van der Waals surface area contributed by atoms with E-state index in [2.05, 4.69) is 24.3 Å². The Morgan fingerprint density at radius 1 is 0.140 bits per heavy atom. The molecule has 3 heteroatoms. The molecule has 0 radical (unpaired) electrons. The fourth-order valence-electron chi connectivity index (χ4n) is 17.5. The van der Waals surface area contributed by atoms with Gasteiger partial charge in [0.2, 0.25) is 0 Å². The van der Waals surface area contributed by atoms with Crippen LogP contribution in [0.25, 0.3) is 241 Å². The summed E-state index contributed by atoms with van der Waals surface area (Å²) in [6, 6.07) is 86.8. The topological polar surface area (TPSA) is 39.4 Å². The maximum atomic E-state index is 9.26. The van der Waals surface area contributed by atoms with Crippen molar-refractivity contribution in [2.75, 3.05) is 0 Å². The molecule has 0 amide bonds. The Bertz CT molecular complexity index is 9690. The molecule has 25 aromatic rings. The van der Waals surface area contributed by atoms with E-state index in [9.17, 15) is 16.4 Å². The molecule has 0 atom stereocenters. The number of hydrogen-bond acceptors (Lipinski definition) is 3. The Balaban J connectivity index is 0.000000121. The predicted octanol–water partition coefficient (Wildman–Crippen LogP) is 33.8. The van der Waals surface area contributed by atoms with Crippen LogP contribution in [-0.4, -0.2) is 0 Å². The van der Waals surface area contributed by atoms with Crippen LogP contribution in [0.2, 0.25) is 0 Å². The SMILES string of the molecule is [2H]c1c([2H])c([2H])c2c(-c3ccc4oc5ccccc5c4c3)c3c([2H])c([2H])c([2H])c([2H])c3c(-c3ccc(-c4ccc(-c5ccccc5)cc4)cc3)c2c1[2H].[2H]c1c([2H])c([2H])c2c(-c3ccc4oc5ccccc5c4c3)c3c([2H])c([2H])c([2H])c([2H])c3c(-c3cccc(-c4ccccc4)c3)c2c1[2H].[2H]c1c([2H])c([2H])c2c(-c3cccc4ccccc34)c3c([2H])c([2H])c([2H])c([2H])c3c(-c3ccc4oc5ccccc5c4c3)c2c1[2H]. The van der Waals surface area contributed by atoms with E-state index in [1.54, 1.807) is 36.4 Å². The monoisotopic (exact) mass is 1560 g/mol. The normalized spacial score (nSPS) is 14.4. The molecule has 0 spiro atoms. The van der Waals surface area contributed by atoms with Crippen LogP contribution in [0.1, 0.15) is 32.9 Å². The Hall–Kier alpha value is -15.9. The minimum atomic E-state index is -0.431. The van der Waals surface area contributed by atoms with Crippen LogP contribution in [0.5, 0.6) is 0 Å². The van der Waals surface area contributed by atoms with Crippen LogP contribution in [0.15, 0.2) is 462 Å². The molecule has 0 fully saturated rings. The van der Waals surface area contributed by atoms with Crippen molar-refractivity contribution in [3.05, 3.63) is 448 Å². The second kappa shape index (κ2) is 29.7. The third kappa shape index (κ3) is 12.3. The molecule has 0 aliphatic rings. The molecular weight excluding hydrogens is 1470 g/mol. The number of furan rings is 3. The van der Waals surface area contributed by atoms with Gasteiger partial charge in [0.05, 0.1) is 32.9 Å². The minimum absolute atomic E-state index is 0.177. The molecule has 0 saturated heterocycles. The number of hydrogen-bond donors (Lipinski definition) is 0. The summed E-state index contributed by atoms with van der Waals surface area (Å²) in [5.74, 6) is 0. The molecule has 3 aromatic heterocycles. The molecule has 0 unspecified atom stereocenters. The van der Waals surface area contributed by atoms with Crippen molar-refractivity contribution >= 4 is 141 Å². The van der Waals surface area contributed by atoms with Gasteiger partial charge >= 0.3 is 0 Å². The van der Waals surface area contributed by atoms with Gasteiger partial charge in [0.15, 0.2) is 0 Å². The molecule has 25 rings (SSSR count). The molecule has 0 aliphatic heterocycles. The second-order valence-electron chi connectivity index (χ2n) is 29.7. The van der Waals surface area contributed by atoms with Crippen LogP contribution in [0.3, 0.4) is 0 Å². The lowest BCUT2D eigenvalue weighted by Gasteiger charge is -2.18. The molecule has 3 nitrogen and oxygen atoms in total. The standard InChI is InChI=1S/C44H28O.C38H24O.C36H22O/c1-2-10-29(11-3-1)30-18-20-31(21-19-30)32-22-24-33(25-23-32)43-36-13-4-6-15-38(36)44(39-16-7-5-14-37(39)43)34-26-27-42-40(28-34)35-12-8-9-17-41(35)45-42;1-2-11-25(12-3-1)26-13-10-14-27(23-26)37-30-16-4-6-18-32(30)38(33-19-7-5-17-31(33)37)28-21-22-36-34(24-28)29-15-8-9-20-35(29)39-36;1-2-12-25-23(10-1)11-9-18-27(25)36-30-16-5-3-14-28(30)35(29-15-4-6-17-31(29)36)24-20-21-34-32(22-24)26-13-7-8-19-33(26)37-34/h1-28H;1-24H;1-22H/i4D,5D,6D,7D,13D,14D,15D,16D;4D,5D,6D,7D,16D,17D,18D,19D;3D,4D,5D,6D,14D,15D,16D,17D. The van der Waals surface area contributed by atoms with Crippen molar-refractivity contribution < 1.29 is 46.1 Å². The van der Waals surface area contributed by atoms with Crippen molar-refractivity contribution in [3.8, 4) is 100 Å². The zero-order chi connectivity index (χ0) is 101. The molecule has 121 heavy (non-hydrogen) atoms. The maximum absolute atomic E-state index is 9.26. The molecule has 0 saturated carbocycles. The molecule has 564 valence electrons. The highest BCUT2D eigenvalue weighted by molar-refractivity contribution is 6.27. The van der Waals surface area contributed by atoms with Gasteiger partial charge in [-0.25, -0.2) is 0 Å². The quantitative estimate of drug-likeness (QED) is 0.135. The molecule has 22 aromatic carbocycles. The van der Waals surface area contributed by atoms with E-state index in [0.29, 0.717) is 100 Å². The van der Waals surface area contributed by atoms with Crippen LogP contribution in [0, 0.1) is 0 Å². The zero-order valence-corrected chi connectivity index (χ0v) is 64.1. The van der Waals surface area contributed by atoms with E-state index >= 15 is 0 Å². The number of rotatable bonds is 9. The average molecular weight is 1560 g/mol. The Morgan fingerprint density at radius 2 is 0.372 bits per heavy atom. The van der Waals surface area contributed by atoms with Crippen LogP contribution >= 0.6 is 0 Å². The third-order valence-corrected chi connectivity index (χ3v) is 22.9. The lowest BCUT2D eigenvalue weighted by molar-refractivity contribution is 0.668. The van der Waals surface area contributed by atoms with Crippen LogP contribution < -0.4 is 0 Å². The van der Waals surface area contributed by atoms with Crippen molar-refractivity contribution in [2.24, 2.45) is 0 Å². The first-order valence-electron chi connectivity index (χ1n) is 51.5. The van der Waals surface area contributed by atoms with E-state index in [-0.39, 0.29) is 137 Å². The van der Waals surface area contributed by atoms with Crippen molar-refractivity contribution in [2.45, 2.75) is 0 Å². The van der Waals surface area contributed by atoms with Gasteiger partial charge in [-0.1, -0.05) is 388 Å². The van der Waals surface area contributed by atoms with E-state index < -0.39 is 72.5 Å². The van der Waals surface area contributed by atoms with Gasteiger partial charge in [-0.05, 0) is 236 Å². The van der Waals surface area contributed by atoms with Gasteiger partial charge in [0.1, 0.15) is 33.5 Å². The van der Waals surface area contributed by atoms with Gasteiger partial charge in [-0.2, -0.15) is 0 Å². The lowest BCUT2D eigenvalue weighted by atomic mass is 9.84. The molecule has 0 bridgehead atoms. The molecule has 0 N–H and O–H groups in total. The summed E-state index contributed by atoms with van der Waals surface area (Å²) in [6.07, 6.45) is 0. The fraction of sp³-hybridized carbons (Fsp3) is 0. The molecular formula is C118H74O3. The minimum Gasteiger partial charge on any atom is -0.456 e. The summed E-state index contributed by atoms with van der Waals surface area (Å²) in [5.41, 5.74) is 15.1. The van der Waals surface area contributed by atoms with E-state index in [1.165, 1.54) is 0 Å². The van der Waals surface area contributed by atoms with E-state index in [1.807, 2.05) is 243 Å². The summed E-state index contributed by atoms with van der Waals surface area (Å²) >= 11 is 0. The Morgan fingerprint density at radius 3 is 0.736 bits per heavy atom. The Kier molecular flexibility index (Phi) is 12.2. The first kappa shape index (κ1) is 49.9. The smallest absolute Gasteiger partial charge is 0.135 e. The van der Waals surface area contributed by atoms with Gasteiger partial charge in [-0.3, -0.25) is 0 Å². The highest BCUT2D eigenvalue weighted by Gasteiger charge is 2.24. The fourth-order valence-corrected chi connectivity index (χ4v) is 17.5. The summed E-state index contributed by atoms with van der Waals surface area (Å²) in [7, 11) is 0. The highest BCUT2D eigenvalue weighted by atomic mass is 16.3. The van der Waals surface area contributed by atoms with Crippen molar-refractivity contribution in [1.82, 2.24) is 0 Å². The molecule has 0 aliphatic carbocycles. The summed E-state index contributed by atoms with van der Waals surface area (Å²) in [4.78, 5) is 0. The third-order valence-electron chi connectivity index (χ3n) is 22.9. The summed E-state index contributed by atoms with van der Waals surface area (Å²) < 4.78 is 233.